The van der Waals surface area contributed by atoms with E-state index < -0.39 is 24.2 Å². The molecule has 0 saturated heterocycles. The van der Waals surface area contributed by atoms with E-state index in [-0.39, 0.29) is 79.9 Å². The van der Waals surface area contributed by atoms with Gasteiger partial charge < -0.3 is 9.13 Å². The van der Waals surface area contributed by atoms with Crippen molar-refractivity contribution in [3.63, 3.8) is 0 Å². The maximum Gasteiger partial charge on any atom is 0.0646 e. The fourth-order valence-electron chi connectivity index (χ4n) is 6.86. The van der Waals surface area contributed by atoms with Gasteiger partial charge in [0, 0.05) is 32.9 Å². The van der Waals surface area contributed by atoms with Gasteiger partial charge in [0.1, 0.15) is 0 Å². The number of nitrogens with zero attached hydrogens (tertiary/aromatic N) is 2. The second-order valence-corrected chi connectivity index (χ2v) is 11.5. The van der Waals surface area contributed by atoms with Crippen LogP contribution >= 0.6 is 0 Å². The van der Waals surface area contributed by atoms with Gasteiger partial charge in [0.2, 0.25) is 0 Å². The quantitative estimate of drug-likeness (QED) is 0.193. The van der Waals surface area contributed by atoms with Gasteiger partial charge in [-0.15, -0.1) is 0 Å². The third-order valence-corrected chi connectivity index (χ3v) is 8.93. The van der Waals surface area contributed by atoms with Crippen molar-refractivity contribution < 1.29 is 13.7 Å². The van der Waals surface area contributed by atoms with Gasteiger partial charge in [-0.2, -0.15) is 0 Å². The molecule has 0 aliphatic heterocycles. The van der Waals surface area contributed by atoms with Crippen molar-refractivity contribution in [2.24, 2.45) is 0 Å². The Bertz CT molecular complexity index is 3380. The Kier molecular flexibility index (Phi) is 3.66. The molecule has 10 aromatic rings. The number of rotatable bonds is 3. The van der Waals surface area contributed by atoms with E-state index in [1.807, 2.05) is 97.1 Å². The Morgan fingerprint density at radius 2 is 0.891 bits per heavy atom. The lowest BCUT2D eigenvalue weighted by molar-refractivity contribution is 1.17. The molecule has 46 heavy (non-hydrogen) atoms. The third-order valence-electron chi connectivity index (χ3n) is 8.93. The fourth-order valence-corrected chi connectivity index (χ4v) is 6.86. The Hall–Kier alpha value is -6.12. The van der Waals surface area contributed by atoms with Gasteiger partial charge in [-0.1, -0.05) is 115 Å². The van der Waals surface area contributed by atoms with Crippen molar-refractivity contribution in [1.29, 1.82) is 0 Å². The summed E-state index contributed by atoms with van der Waals surface area (Å²) >= 11 is 0. The maximum absolute atomic E-state index is 9.70. The van der Waals surface area contributed by atoms with Crippen LogP contribution in [0.25, 0.3) is 87.7 Å². The Balaban J connectivity index is 1.43. The van der Waals surface area contributed by atoms with E-state index in [4.69, 9.17) is 5.48 Å². The van der Waals surface area contributed by atoms with Crippen molar-refractivity contribution in [3.8, 4) is 22.5 Å². The molecule has 0 fully saturated rings. The molecule has 0 aliphatic carbocycles. The molecule has 0 atom stereocenters. The van der Waals surface area contributed by atoms with E-state index >= 15 is 0 Å². The SMILES string of the molecule is [2H]c1c([2H])c([2H])c2c(c1[2H])c1c3c4c([2H])c([2H])c([2H])c([2H])c4n(-c4ccc5ccccc5c4)c3c([2H])c([2H])c1n2-c1cccc(-c2ccc3ccccc3c2)c1. The lowest BCUT2D eigenvalue weighted by atomic mass is 10.0. The number of aromatic nitrogens is 2. The highest BCUT2D eigenvalue weighted by atomic mass is 15.0. The largest absolute Gasteiger partial charge is 0.309 e. The maximum atomic E-state index is 9.70. The van der Waals surface area contributed by atoms with Crippen LogP contribution in [0.4, 0.5) is 0 Å². The standard InChI is InChI=1S/C44H28N2/c1-3-12-31-26-34(21-20-29(31)10-1)33-14-9-15-35(28-33)45-39-18-7-5-16-37(39)43-41(45)24-25-42-44(43)38-17-6-8-19-40(38)46(42)36-23-22-30-11-2-4-13-32(30)27-36/h1-28H/i5D,6D,7D,8D,16D,17D,18D,19D,24D,25D. The molecule has 0 unspecified atom stereocenters. The first-order chi connectivity index (χ1) is 27.0. The molecule has 2 heterocycles. The smallest absolute Gasteiger partial charge is 0.0646 e. The lowest BCUT2D eigenvalue weighted by Crippen LogP contribution is -1.95. The first-order valence-electron chi connectivity index (χ1n) is 20.0. The van der Waals surface area contributed by atoms with E-state index in [0.717, 1.165) is 32.7 Å². The molecule has 214 valence electrons. The van der Waals surface area contributed by atoms with Gasteiger partial charge in [-0.25, -0.2) is 0 Å². The molecule has 2 nitrogen and oxygen atoms in total. The van der Waals surface area contributed by atoms with E-state index in [1.54, 1.807) is 15.2 Å². The molecule has 8 aromatic carbocycles. The van der Waals surface area contributed by atoms with Gasteiger partial charge in [-0.3, -0.25) is 0 Å². The zero-order valence-corrected chi connectivity index (χ0v) is 24.3. The van der Waals surface area contributed by atoms with Crippen LogP contribution in [0, 0.1) is 0 Å². The van der Waals surface area contributed by atoms with Crippen molar-refractivity contribution >= 4 is 65.2 Å². The molecule has 0 amide bonds. The van der Waals surface area contributed by atoms with E-state index in [0.29, 0.717) is 11.4 Å². The summed E-state index contributed by atoms with van der Waals surface area (Å²) in [4.78, 5) is 0. The topological polar surface area (TPSA) is 9.86 Å². The first kappa shape index (κ1) is 17.4. The van der Waals surface area contributed by atoms with Crippen molar-refractivity contribution in [2.75, 3.05) is 0 Å². The van der Waals surface area contributed by atoms with Crippen LogP contribution in [0.3, 0.4) is 0 Å². The predicted octanol–water partition coefficient (Wildman–Crippen LogP) is 11.9. The molecule has 0 bridgehead atoms. The fraction of sp³-hybridized carbons (Fsp3) is 0. The summed E-state index contributed by atoms with van der Waals surface area (Å²) in [7, 11) is 0. The van der Waals surface area contributed by atoms with Crippen LogP contribution in [0.1, 0.15) is 13.7 Å². The monoisotopic (exact) mass is 594 g/mol. The summed E-state index contributed by atoms with van der Waals surface area (Å²) in [6, 6.07) is 31.0. The van der Waals surface area contributed by atoms with Crippen LogP contribution < -0.4 is 0 Å². The van der Waals surface area contributed by atoms with E-state index in [9.17, 15) is 8.22 Å². The van der Waals surface area contributed by atoms with Gasteiger partial charge >= 0.3 is 0 Å². The minimum atomic E-state index is -0.485. The summed E-state index contributed by atoms with van der Waals surface area (Å²) in [6.45, 7) is 0. The van der Waals surface area contributed by atoms with Crippen LogP contribution in [0.5, 0.6) is 0 Å². The third kappa shape index (κ3) is 3.65. The summed E-state index contributed by atoms with van der Waals surface area (Å²) in [6.07, 6.45) is 0. The normalized spacial score (nSPS) is 15.0. The molecule has 0 saturated carbocycles. The highest BCUT2D eigenvalue weighted by molar-refractivity contribution is 6.29. The van der Waals surface area contributed by atoms with Gasteiger partial charge in [-0.05, 0) is 87.2 Å². The van der Waals surface area contributed by atoms with Crippen molar-refractivity contribution in [1.82, 2.24) is 9.13 Å². The summed E-state index contributed by atoms with van der Waals surface area (Å²) in [5, 5.41) is 4.51. The van der Waals surface area contributed by atoms with Crippen molar-refractivity contribution in [3.05, 3.63) is 170 Å². The van der Waals surface area contributed by atoms with Gasteiger partial charge in [0.15, 0.2) is 0 Å². The number of benzene rings is 8. The van der Waals surface area contributed by atoms with E-state index in [2.05, 4.69) is 6.07 Å². The molecular weight excluding hydrogens is 556 g/mol. The molecule has 2 aromatic heterocycles. The Morgan fingerprint density at radius 3 is 1.54 bits per heavy atom. The number of hydrogen-bond donors (Lipinski definition) is 0. The summed E-state index contributed by atoms with van der Waals surface area (Å²) in [5.74, 6) is 0. The first-order valence-corrected chi connectivity index (χ1v) is 15.0. The number of hydrogen-bond acceptors (Lipinski definition) is 0. The Morgan fingerprint density at radius 1 is 0.370 bits per heavy atom. The molecular formula is C44H28N2. The number of fused-ring (bicyclic) bond motifs is 9. The minimum Gasteiger partial charge on any atom is -0.309 e. The molecule has 2 heteroatoms. The summed E-state index contributed by atoms with van der Waals surface area (Å²) < 4.78 is 94.6. The minimum absolute atomic E-state index is 0.0885. The highest BCUT2D eigenvalue weighted by Crippen LogP contribution is 2.42. The van der Waals surface area contributed by atoms with Crippen LogP contribution in [0.2, 0.25) is 0 Å². The zero-order chi connectivity index (χ0) is 38.9. The van der Waals surface area contributed by atoms with Gasteiger partial charge in [0.25, 0.3) is 0 Å². The second kappa shape index (κ2) is 9.69. The van der Waals surface area contributed by atoms with Gasteiger partial charge in [0.05, 0.1) is 35.8 Å². The lowest BCUT2D eigenvalue weighted by Gasteiger charge is -2.12. The van der Waals surface area contributed by atoms with Crippen LogP contribution in [0.15, 0.2) is 170 Å². The summed E-state index contributed by atoms with van der Waals surface area (Å²) in [5.41, 5.74) is 3.20. The average molecular weight is 595 g/mol. The molecule has 10 rings (SSSR count). The van der Waals surface area contributed by atoms with E-state index in [1.165, 1.54) is 0 Å². The van der Waals surface area contributed by atoms with Crippen molar-refractivity contribution in [2.45, 2.75) is 0 Å². The highest BCUT2D eigenvalue weighted by Gasteiger charge is 2.20. The molecule has 0 radical (unpaired) electrons. The molecule has 0 N–H and O–H groups in total. The second-order valence-electron chi connectivity index (χ2n) is 11.5. The molecule has 0 spiro atoms. The number of para-hydroxylation sites is 2. The average Bonchev–Trinajstić information content (AvgIpc) is 3.77. The Labute approximate surface area is 280 Å². The van der Waals surface area contributed by atoms with Crippen LogP contribution in [-0.2, 0) is 0 Å². The van der Waals surface area contributed by atoms with Crippen LogP contribution in [-0.4, -0.2) is 9.13 Å². The zero-order valence-electron chi connectivity index (χ0n) is 34.3. The molecule has 0 aliphatic rings. The predicted molar refractivity (Wildman–Crippen MR) is 196 cm³/mol.